The Kier molecular flexibility index (Phi) is 7.37. The molecule has 0 spiro atoms. The maximum atomic E-state index is 13.3. The average Bonchev–Trinajstić information content (AvgIpc) is 2.59. The van der Waals surface area contributed by atoms with E-state index in [0.717, 1.165) is 5.56 Å². The number of aliphatic carboxylic acids is 1. The van der Waals surface area contributed by atoms with E-state index >= 15 is 0 Å². The molecule has 1 aliphatic heterocycles. The molecule has 0 aromatic heterocycles. The van der Waals surface area contributed by atoms with E-state index in [2.05, 4.69) is 5.32 Å². The molecule has 1 aromatic carbocycles. The number of morpholine rings is 1. The summed E-state index contributed by atoms with van der Waals surface area (Å²) in [6.07, 6.45) is -0.247. The maximum absolute atomic E-state index is 13.3. The number of carbonyl (C=O) groups excluding carboxylic acids is 1. The van der Waals surface area contributed by atoms with Crippen LogP contribution in [0.1, 0.15) is 32.4 Å². The van der Waals surface area contributed by atoms with Crippen molar-refractivity contribution < 1.29 is 23.8 Å². The molecule has 0 saturated carbocycles. The number of benzene rings is 1. The lowest BCUT2D eigenvalue weighted by Gasteiger charge is -2.38. The van der Waals surface area contributed by atoms with Crippen LogP contribution in [0.5, 0.6) is 0 Å². The zero-order valence-electron chi connectivity index (χ0n) is 16.9. The van der Waals surface area contributed by atoms with Gasteiger partial charge in [0.1, 0.15) is 5.82 Å². The largest absolute Gasteiger partial charge is 0.480 e. The fourth-order valence-electron chi connectivity index (χ4n) is 3.33. The van der Waals surface area contributed by atoms with Gasteiger partial charge >= 0.3 is 12.0 Å². The zero-order valence-corrected chi connectivity index (χ0v) is 16.9. The molecule has 1 heterocycles. The van der Waals surface area contributed by atoms with Crippen molar-refractivity contribution in [1.29, 1.82) is 0 Å². The van der Waals surface area contributed by atoms with E-state index in [9.17, 15) is 14.0 Å². The van der Waals surface area contributed by atoms with Crippen LogP contribution in [0.3, 0.4) is 0 Å². The first-order chi connectivity index (χ1) is 13.1. The molecule has 2 atom stereocenters. The molecular weight excluding hydrogens is 365 g/mol. The lowest BCUT2D eigenvalue weighted by atomic mass is 9.82. The third-order valence-corrected chi connectivity index (χ3v) is 4.68. The van der Waals surface area contributed by atoms with Gasteiger partial charge in [0.05, 0.1) is 25.3 Å². The fourth-order valence-corrected chi connectivity index (χ4v) is 3.33. The van der Waals surface area contributed by atoms with Gasteiger partial charge in [-0.25, -0.2) is 9.18 Å². The number of hydrogen-bond acceptors (Lipinski definition) is 4. The highest BCUT2D eigenvalue weighted by Gasteiger charge is 2.31. The number of urea groups is 1. The second-order valence-electron chi connectivity index (χ2n) is 8.33. The summed E-state index contributed by atoms with van der Waals surface area (Å²) in [7, 11) is 1.71. The summed E-state index contributed by atoms with van der Waals surface area (Å²) < 4.78 is 19.0. The highest BCUT2D eigenvalue weighted by molar-refractivity contribution is 5.75. The van der Waals surface area contributed by atoms with Crippen LogP contribution in [-0.4, -0.2) is 72.8 Å². The molecule has 7 nitrogen and oxygen atoms in total. The van der Waals surface area contributed by atoms with Crippen molar-refractivity contribution in [2.24, 2.45) is 5.41 Å². The topological polar surface area (TPSA) is 82.1 Å². The summed E-state index contributed by atoms with van der Waals surface area (Å²) in [5.74, 6) is -1.22. The van der Waals surface area contributed by atoms with Gasteiger partial charge in [0.15, 0.2) is 0 Å². The Balaban J connectivity index is 2.02. The summed E-state index contributed by atoms with van der Waals surface area (Å²) in [6, 6.07) is 5.67. The normalized spacial score (nSPS) is 18.8. The van der Waals surface area contributed by atoms with E-state index < -0.39 is 5.97 Å². The van der Waals surface area contributed by atoms with Gasteiger partial charge < -0.3 is 20.1 Å². The monoisotopic (exact) mass is 395 g/mol. The minimum Gasteiger partial charge on any atom is -0.480 e. The number of carboxylic acids is 1. The summed E-state index contributed by atoms with van der Waals surface area (Å²) in [4.78, 5) is 27.0. The number of amides is 2. The number of halogens is 1. The van der Waals surface area contributed by atoms with Crippen molar-refractivity contribution in [2.75, 3.05) is 39.8 Å². The molecule has 2 N–H and O–H groups in total. The third-order valence-electron chi connectivity index (χ3n) is 4.68. The van der Waals surface area contributed by atoms with Gasteiger partial charge in [-0.3, -0.25) is 9.69 Å². The van der Waals surface area contributed by atoms with Crippen LogP contribution in [-0.2, 0) is 9.53 Å². The summed E-state index contributed by atoms with van der Waals surface area (Å²) in [5, 5.41) is 11.9. The Morgan fingerprint density at radius 3 is 2.57 bits per heavy atom. The predicted molar refractivity (Wildman–Crippen MR) is 104 cm³/mol. The van der Waals surface area contributed by atoms with E-state index in [4.69, 9.17) is 9.84 Å². The Labute approximate surface area is 165 Å². The van der Waals surface area contributed by atoms with E-state index in [1.54, 1.807) is 29.0 Å². The number of likely N-dealkylation sites (N-methyl/N-ethyl adjacent to an activating group) is 1. The first-order valence-corrected chi connectivity index (χ1v) is 9.39. The van der Waals surface area contributed by atoms with Crippen LogP contribution < -0.4 is 5.32 Å². The van der Waals surface area contributed by atoms with Gasteiger partial charge in [-0.05, 0) is 30.2 Å². The molecule has 1 aliphatic rings. The summed E-state index contributed by atoms with van der Waals surface area (Å²) in [6.45, 7) is 7.65. The maximum Gasteiger partial charge on any atom is 0.318 e. The van der Waals surface area contributed by atoms with E-state index in [1.807, 2.05) is 20.8 Å². The lowest BCUT2D eigenvalue weighted by molar-refractivity contribution is -0.138. The van der Waals surface area contributed by atoms with Gasteiger partial charge in [0, 0.05) is 19.6 Å². The van der Waals surface area contributed by atoms with Crippen molar-refractivity contribution in [3.05, 3.63) is 35.6 Å². The van der Waals surface area contributed by atoms with E-state index in [0.29, 0.717) is 26.2 Å². The van der Waals surface area contributed by atoms with E-state index in [-0.39, 0.29) is 36.0 Å². The van der Waals surface area contributed by atoms with Gasteiger partial charge in [-0.2, -0.15) is 0 Å². The van der Waals surface area contributed by atoms with Crippen molar-refractivity contribution in [3.63, 3.8) is 0 Å². The lowest BCUT2D eigenvalue weighted by Crippen LogP contribution is -2.53. The molecule has 2 rings (SSSR count). The highest BCUT2D eigenvalue weighted by atomic mass is 19.1. The number of ether oxygens (including phenoxy) is 1. The highest BCUT2D eigenvalue weighted by Crippen LogP contribution is 2.33. The molecule has 0 aliphatic carbocycles. The van der Waals surface area contributed by atoms with Gasteiger partial charge in [-0.15, -0.1) is 0 Å². The SMILES string of the molecule is CN(CC(=O)O)CC1CN(C(=O)NC(c2ccc(F)cc2)C(C)(C)C)CCO1. The number of rotatable bonds is 6. The quantitative estimate of drug-likeness (QED) is 0.773. The van der Waals surface area contributed by atoms with Gasteiger partial charge in [0.2, 0.25) is 0 Å². The minimum atomic E-state index is -0.903. The Morgan fingerprint density at radius 1 is 1.36 bits per heavy atom. The fraction of sp³-hybridized carbons (Fsp3) is 0.600. The van der Waals surface area contributed by atoms with Crippen molar-refractivity contribution in [2.45, 2.75) is 32.9 Å². The van der Waals surface area contributed by atoms with Crippen LogP contribution in [0.25, 0.3) is 0 Å². The Hall–Kier alpha value is -2.19. The van der Waals surface area contributed by atoms with Crippen molar-refractivity contribution in [1.82, 2.24) is 15.1 Å². The summed E-state index contributed by atoms with van der Waals surface area (Å²) >= 11 is 0. The number of nitrogens with one attached hydrogen (secondary N) is 1. The van der Waals surface area contributed by atoms with Crippen LogP contribution in [0.2, 0.25) is 0 Å². The van der Waals surface area contributed by atoms with E-state index in [1.165, 1.54) is 12.1 Å². The number of carbonyl (C=O) groups is 2. The Bertz CT molecular complexity index is 675. The third kappa shape index (κ3) is 6.45. The molecular formula is C20H30FN3O4. The number of hydrogen-bond donors (Lipinski definition) is 2. The van der Waals surface area contributed by atoms with Gasteiger partial charge in [-0.1, -0.05) is 32.9 Å². The van der Waals surface area contributed by atoms with Crippen molar-refractivity contribution >= 4 is 12.0 Å². The van der Waals surface area contributed by atoms with Crippen LogP contribution in [0, 0.1) is 11.2 Å². The van der Waals surface area contributed by atoms with Crippen molar-refractivity contribution in [3.8, 4) is 0 Å². The number of nitrogens with zero attached hydrogens (tertiary/aromatic N) is 2. The molecule has 2 unspecified atom stereocenters. The smallest absolute Gasteiger partial charge is 0.318 e. The summed E-state index contributed by atoms with van der Waals surface area (Å²) in [5.41, 5.74) is 0.578. The molecule has 2 amide bonds. The molecule has 0 radical (unpaired) electrons. The molecule has 1 saturated heterocycles. The van der Waals surface area contributed by atoms with Crippen LogP contribution in [0.4, 0.5) is 9.18 Å². The average molecular weight is 395 g/mol. The first kappa shape index (κ1) is 22.1. The molecule has 0 bridgehead atoms. The predicted octanol–water partition coefficient (Wildman–Crippen LogP) is 2.34. The first-order valence-electron chi connectivity index (χ1n) is 9.39. The standard InChI is InChI=1S/C20H30FN3O4/c1-20(2,3)18(14-5-7-15(21)8-6-14)22-19(27)24-9-10-28-16(12-24)11-23(4)13-17(25)26/h5-8,16,18H,9-13H2,1-4H3,(H,22,27)(H,25,26). The molecule has 28 heavy (non-hydrogen) atoms. The minimum absolute atomic E-state index is 0.0806. The second kappa shape index (κ2) is 9.34. The molecule has 8 heteroatoms. The molecule has 1 aromatic rings. The zero-order chi connectivity index (χ0) is 20.9. The van der Waals surface area contributed by atoms with Crippen LogP contribution >= 0.6 is 0 Å². The second-order valence-corrected chi connectivity index (χ2v) is 8.33. The molecule has 1 fully saturated rings. The number of carboxylic acid groups (broad SMARTS) is 1. The van der Waals surface area contributed by atoms with Crippen LogP contribution in [0.15, 0.2) is 24.3 Å². The Morgan fingerprint density at radius 2 is 2.00 bits per heavy atom. The molecule has 156 valence electrons. The van der Waals surface area contributed by atoms with Gasteiger partial charge in [0.25, 0.3) is 0 Å².